The lowest BCUT2D eigenvalue weighted by Crippen LogP contribution is -2.19. The number of urea groups is 1. The molecule has 0 fully saturated rings. The number of benzene rings is 2. The molecule has 0 atom stereocenters. The Morgan fingerprint density at radius 3 is 1.70 bits per heavy atom. The van der Waals surface area contributed by atoms with Crippen molar-refractivity contribution < 1.29 is 27.4 Å². The van der Waals surface area contributed by atoms with Crippen molar-refractivity contribution in [2.75, 3.05) is 17.7 Å². The molecule has 0 heterocycles. The van der Waals surface area contributed by atoms with Crippen LogP contribution in [0, 0.1) is 0 Å². The summed E-state index contributed by atoms with van der Waals surface area (Å²) in [5, 5.41) is 5.07. The summed E-state index contributed by atoms with van der Waals surface area (Å²) in [6.45, 7) is 0. The predicted octanol–water partition coefficient (Wildman–Crippen LogP) is 4.24. The van der Waals surface area contributed by atoms with Gasteiger partial charge in [-0.05, 0) is 48.5 Å². The highest BCUT2D eigenvalue weighted by Gasteiger charge is 2.30. The quantitative estimate of drug-likeness (QED) is 0.883. The minimum atomic E-state index is -4.75. The monoisotopic (exact) mass is 326 g/mol. The number of ether oxygens (including phenoxy) is 2. The van der Waals surface area contributed by atoms with E-state index in [0.29, 0.717) is 17.1 Å². The summed E-state index contributed by atoms with van der Waals surface area (Å²) in [4.78, 5) is 11.8. The lowest BCUT2D eigenvalue weighted by atomic mass is 10.3. The molecule has 0 aliphatic heterocycles. The Balaban J connectivity index is 1.91. The van der Waals surface area contributed by atoms with Crippen LogP contribution in [0.15, 0.2) is 48.5 Å². The van der Waals surface area contributed by atoms with E-state index in [9.17, 15) is 18.0 Å². The molecule has 0 aromatic heterocycles. The molecule has 2 aromatic rings. The zero-order valence-corrected chi connectivity index (χ0v) is 12.0. The number of carbonyl (C=O) groups is 1. The van der Waals surface area contributed by atoms with E-state index in [-0.39, 0.29) is 5.75 Å². The van der Waals surface area contributed by atoms with E-state index in [1.54, 1.807) is 24.3 Å². The fourth-order valence-electron chi connectivity index (χ4n) is 1.71. The third-order valence-electron chi connectivity index (χ3n) is 2.69. The van der Waals surface area contributed by atoms with Crippen LogP contribution in [-0.4, -0.2) is 19.5 Å². The first-order chi connectivity index (χ1) is 10.9. The Kier molecular flexibility index (Phi) is 4.95. The minimum absolute atomic E-state index is 0.325. The van der Waals surface area contributed by atoms with E-state index in [2.05, 4.69) is 15.4 Å². The molecule has 2 N–H and O–H groups in total. The second kappa shape index (κ2) is 6.91. The maximum atomic E-state index is 12.0. The first kappa shape index (κ1) is 16.5. The van der Waals surface area contributed by atoms with Gasteiger partial charge in [-0.25, -0.2) is 4.79 Å². The van der Waals surface area contributed by atoms with Gasteiger partial charge in [-0.1, -0.05) is 0 Å². The van der Waals surface area contributed by atoms with Crippen molar-refractivity contribution in [2.45, 2.75) is 6.36 Å². The molecule has 0 spiro atoms. The van der Waals surface area contributed by atoms with E-state index < -0.39 is 12.4 Å². The van der Waals surface area contributed by atoms with Crippen LogP contribution in [0.3, 0.4) is 0 Å². The second-order valence-electron chi connectivity index (χ2n) is 4.38. The smallest absolute Gasteiger partial charge is 0.497 e. The van der Waals surface area contributed by atoms with Crippen LogP contribution in [0.1, 0.15) is 0 Å². The van der Waals surface area contributed by atoms with Crippen LogP contribution in [0.25, 0.3) is 0 Å². The molecule has 0 aliphatic carbocycles. The standard InChI is InChI=1S/C15H13F3N2O3/c1-22-12-6-2-10(3-7-12)19-14(21)20-11-4-8-13(9-5-11)23-15(16,17)18/h2-9H,1H3,(H2,19,20,21). The Morgan fingerprint density at radius 2 is 1.30 bits per heavy atom. The molecule has 0 bridgehead atoms. The van der Waals surface area contributed by atoms with Gasteiger partial charge in [-0.15, -0.1) is 13.2 Å². The largest absolute Gasteiger partial charge is 0.573 e. The van der Waals surface area contributed by atoms with Crippen molar-refractivity contribution in [1.29, 1.82) is 0 Å². The van der Waals surface area contributed by atoms with E-state index in [0.717, 1.165) is 12.1 Å². The molecule has 2 rings (SSSR count). The molecule has 0 aliphatic rings. The number of nitrogens with one attached hydrogen (secondary N) is 2. The zero-order chi connectivity index (χ0) is 16.9. The molecule has 23 heavy (non-hydrogen) atoms. The predicted molar refractivity (Wildman–Crippen MR) is 78.8 cm³/mol. The average Bonchev–Trinajstić information content (AvgIpc) is 2.48. The van der Waals surface area contributed by atoms with E-state index >= 15 is 0 Å². The van der Waals surface area contributed by atoms with E-state index in [1.807, 2.05) is 0 Å². The molecular formula is C15H13F3N2O3. The van der Waals surface area contributed by atoms with Crippen molar-refractivity contribution in [1.82, 2.24) is 0 Å². The number of methoxy groups -OCH3 is 1. The molecule has 0 unspecified atom stereocenters. The summed E-state index contributed by atoms with van der Waals surface area (Å²) in [6.07, 6.45) is -4.75. The summed E-state index contributed by atoms with van der Waals surface area (Å²) in [7, 11) is 1.53. The topological polar surface area (TPSA) is 59.6 Å². The average molecular weight is 326 g/mol. The molecular weight excluding hydrogens is 313 g/mol. The highest BCUT2D eigenvalue weighted by Crippen LogP contribution is 2.24. The first-order valence-corrected chi connectivity index (χ1v) is 6.43. The SMILES string of the molecule is COc1ccc(NC(=O)Nc2ccc(OC(F)(F)F)cc2)cc1. The summed E-state index contributed by atoms with van der Waals surface area (Å²) >= 11 is 0. The maximum absolute atomic E-state index is 12.0. The fraction of sp³-hybridized carbons (Fsp3) is 0.133. The lowest BCUT2D eigenvalue weighted by molar-refractivity contribution is -0.274. The number of amides is 2. The van der Waals surface area contributed by atoms with Crippen LogP contribution in [-0.2, 0) is 0 Å². The van der Waals surface area contributed by atoms with Crippen LogP contribution in [0.4, 0.5) is 29.3 Å². The van der Waals surface area contributed by atoms with E-state index in [1.165, 1.54) is 19.2 Å². The van der Waals surface area contributed by atoms with Crippen molar-refractivity contribution in [2.24, 2.45) is 0 Å². The fourth-order valence-corrected chi connectivity index (χ4v) is 1.71. The van der Waals surface area contributed by atoms with Gasteiger partial charge in [0, 0.05) is 11.4 Å². The van der Waals surface area contributed by atoms with Gasteiger partial charge in [0.15, 0.2) is 0 Å². The zero-order valence-electron chi connectivity index (χ0n) is 12.0. The Bertz CT molecular complexity index is 655. The molecule has 2 aromatic carbocycles. The molecule has 122 valence electrons. The number of anilines is 2. The molecule has 8 heteroatoms. The van der Waals surface area contributed by atoms with Crippen LogP contribution < -0.4 is 20.1 Å². The van der Waals surface area contributed by atoms with Crippen molar-refractivity contribution in [3.05, 3.63) is 48.5 Å². The van der Waals surface area contributed by atoms with Gasteiger partial charge in [0.05, 0.1) is 7.11 Å². The molecule has 0 saturated carbocycles. The highest BCUT2D eigenvalue weighted by atomic mass is 19.4. The summed E-state index contributed by atoms with van der Waals surface area (Å²) < 4.78 is 44.8. The normalized spacial score (nSPS) is 10.8. The Morgan fingerprint density at radius 1 is 0.870 bits per heavy atom. The third-order valence-corrected chi connectivity index (χ3v) is 2.69. The van der Waals surface area contributed by atoms with Crippen molar-refractivity contribution in [3.8, 4) is 11.5 Å². The van der Waals surface area contributed by atoms with Crippen molar-refractivity contribution in [3.63, 3.8) is 0 Å². The second-order valence-corrected chi connectivity index (χ2v) is 4.38. The van der Waals surface area contributed by atoms with Gasteiger partial charge in [-0.2, -0.15) is 0 Å². The summed E-state index contributed by atoms with van der Waals surface area (Å²) in [5.41, 5.74) is 0.867. The Labute approximate surface area is 130 Å². The first-order valence-electron chi connectivity index (χ1n) is 6.43. The van der Waals surface area contributed by atoms with Crippen LogP contribution >= 0.6 is 0 Å². The minimum Gasteiger partial charge on any atom is -0.497 e. The van der Waals surface area contributed by atoms with Crippen molar-refractivity contribution >= 4 is 17.4 Å². The highest BCUT2D eigenvalue weighted by molar-refractivity contribution is 5.99. The lowest BCUT2D eigenvalue weighted by Gasteiger charge is -2.10. The number of hydrogen-bond acceptors (Lipinski definition) is 3. The molecule has 2 amide bonds. The molecule has 0 saturated heterocycles. The molecule has 0 radical (unpaired) electrons. The number of alkyl halides is 3. The van der Waals surface area contributed by atoms with E-state index in [4.69, 9.17) is 4.74 Å². The Hall–Kier alpha value is -2.90. The van der Waals surface area contributed by atoms with Gasteiger partial charge < -0.3 is 20.1 Å². The van der Waals surface area contributed by atoms with Gasteiger partial charge in [0.25, 0.3) is 0 Å². The van der Waals surface area contributed by atoms with Crippen LogP contribution in [0.5, 0.6) is 11.5 Å². The van der Waals surface area contributed by atoms with Gasteiger partial charge >= 0.3 is 12.4 Å². The third kappa shape index (κ3) is 5.42. The van der Waals surface area contributed by atoms with Gasteiger partial charge in [-0.3, -0.25) is 0 Å². The van der Waals surface area contributed by atoms with Gasteiger partial charge in [0.2, 0.25) is 0 Å². The number of rotatable bonds is 4. The summed E-state index contributed by atoms with van der Waals surface area (Å²) in [5.74, 6) is 0.287. The van der Waals surface area contributed by atoms with Crippen LogP contribution in [0.2, 0.25) is 0 Å². The number of halogens is 3. The van der Waals surface area contributed by atoms with Gasteiger partial charge in [0.1, 0.15) is 11.5 Å². The molecule has 5 nitrogen and oxygen atoms in total. The number of carbonyl (C=O) groups excluding carboxylic acids is 1. The maximum Gasteiger partial charge on any atom is 0.573 e. The number of hydrogen-bond donors (Lipinski definition) is 2. The summed E-state index contributed by atoms with van der Waals surface area (Å²) in [6, 6.07) is 10.9.